The highest BCUT2D eigenvalue weighted by Gasteiger charge is 2.11. The van der Waals surface area contributed by atoms with E-state index >= 15 is 0 Å². The van der Waals surface area contributed by atoms with Gasteiger partial charge in [-0.05, 0) is 18.9 Å². The van der Waals surface area contributed by atoms with E-state index in [2.05, 4.69) is 20.7 Å². The molecule has 0 bridgehead atoms. The SMILES string of the molecule is CCCNc1nc(NCCn2cc(C)cn2)c(F)cc1F. The van der Waals surface area contributed by atoms with Crippen LogP contribution in [0.2, 0.25) is 0 Å². The van der Waals surface area contributed by atoms with Gasteiger partial charge in [0.05, 0.1) is 12.7 Å². The molecule has 0 radical (unpaired) electrons. The highest BCUT2D eigenvalue weighted by molar-refractivity contribution is 5.47. The third kappa shape index (κ3) is 4.14. The summed E-state index contributed by atoms with van der Waals surface area (Å²) in [4.78, 5) is 3.94. The van der Waals surface area contributed by atoms with E-state index in [1.54, 1.807) is 10.9 Å². The van der Waals surface area contributed by atoms with Crippen LogP contribution in [0.4, 0.5) is 20.4 Å². The molecule has 7 heteroatoms. The molecular formula is C14H19F2N5. The maximum absolute atomic E-state index is 13.7. The van der Waals surface area contributed by atoms with Gasteiger partial charge in [-0.1, -0.05) is 6.92 Å². The number of halogens is 2. The minimum Gasteiger partial charge on any atom is -0.368 e. The Bertz CT molecular complexity index is 597. The molecule has 0 saturated carbocycles. The lowest BCUT2D eigenvalue weighted by molar-refractivity contribution is 0.575. The number of nitrogens with one attached hydrogen (secondary N) is 2. The van der Waals surface area contributed by atoms with Crippen molar-refractivity contribution in [3.8, 4) is 0 Å². The summed E-state index contributed by atoms with van der Waals surface area (Å²) in [6.07, 6.45) is 4.48. The maximum Gasteiger partial charge on any atom is 0.168 e. The number of aryl methyl sites for hydroxylation is 1. The van der Waals surface area contributed by atoms with Crippen molar-refractivity contribution >= 4 is 11.6 Å². The standard InChI is InChI=1S/C14H19F2N5/c1-3-4-17-13-11(15)7-12(16)14(20-13)18-5-6-21-9-10(2)8-19-21/h7-9H,3-6H2,1-2H3,(H2,17,18,20). The van der Waals surface area contributed by atoms with Crippen LogP contribution in [-0.4, -0.2) is 27.9 Å². The van der Waals surface area contributed by atoms with Crippen LogP contribution in [0, 0.1) is 18.6 Å². The normalized spacial score (nSPS) is 10.7. The maximum atomic E-state index is 13.7. The first-order valence-electron chi connectivity index (χ1n) is 6.93. The third-order valence-corrected chi connectivity index (χ3v) is 2.87. The van der Waals surface area contributed by atoms with E-state index in [0.29, 0.717) is 19.6 Å². The van der Waals surface area contributed by atoms with Gasteiger partial charge in [-0.2, -0.15) is 5.10 Å². The number of aromatic nitrogens is 3. The first-order valence-corrected chi connectivity index (χ1v) is 6.93. The molecule has 114 valence electrons. The summed E-state index contributed by atoms with van der Waals surface area (Å²) < 4.78 is 29.0. The van der Waals surface area contributed by atoms with Crippen LogP contribution in [-0.2, 0) is 6.54 Å². The van der Waals surface area contributed by atoms with Crippen molar-refractivity contribution in [3.63, 3.8) is 0 Å². The van der Waals surface area contributed by atoms with Crippen molar-refractivity contribution in [3.05, 3.63) is 35.7 Å². The van der Waals surface area contributed by atoms with Gasteiger partial charge in [0.25, 0.3) is 0 Å². The quantitative estimate of drug-likeness (QED) is 0.824. The molecule has 0 atom stereocenters. The second kappa shape index (κ2) is 7.01. The predicted octanol–water partition coefficient (Wildman–Crippen LogP) is 2.80. The van der Waals surface area contributed by atoms with Crippen molar-refractivity contribution in [2.45, 2.75) is 26.8 Å². The van der Waals surface area contributed by atoms with Gasteiger partial charge in [0, 0.05) is 25.4 Å². The Morgan fingerprint density at radius 1 is 1.14 bits per heavy atom. The van der Waals surface area contributed by atoms with Crippen LogP contribution in [0.3, 0.4) is 0 Å². The van der Waals surface area contributed by atoms with Crippen molar-refractivity contribution < 1.29 is 8.78 Å². The minimum absolute atomic E-state index is 0.0406. The summed E-state index contributed by atoms with van der Waals surface area (Å²) in [5, 5.41) is 9.82. The smallest absolute Gasteiger partial charge is 0.168 e. The van der Waals surface area contributed by atoms with Gasteiger partial charge in [0.1, 0.15) is 0 Å². The summed E-state index contributed by atoms with van der Waals surface area (Å²) in [6.45, 7) is 5.51. The molecule has 2 aromatic heterocycles. The molecular weight excluding hydrogens is 276 g/mol. The summed E-state index contributed by atoms with van der Waals surface area (Å²) in [5.41, 5.74) is 1.06. The average molecular weight is 295 g/mol. The molecule has 0 aliphatic carbocycles. The molecule has 0 fully saturated rings. The van der Waals surface area contributed by atoms with E-state index in [1.807, 2.05) is 20.0 Å². The average Bonchev–Trinajstić information content (AvgIpc) is 2.85. The number of hydrogen-bond acceptors (Lipinski definition) is 4. The zero-order valence-electron chi connectivity index (χ0n) is 12.2. The van der Waals surface area contributed by atoms with Gasteiger partial charge in [-0.15, -0.1) is 0 Å². The fraction of sp³-hybridized carbons (Fsp3) is 0.429. The Morgan fingerprint density at radius 2 is 1.81 bits per heavy atom. The van der Waals surface area contributed by atoms with E-state index in [0.717, 1.165) is 18.1 Å². The number of rotatable bonds is 7. The molecule has 0 amide bonds. The molecule has 5 nitrogen and oxygen atoms in total. The largest absolute Gasteiger partial charge is 0.368 e. The van der Waals surface area contributed by atoms with E-state index in [9.17, 15) is 8.78 Å². The van der Waals surface area contributed by atoms with E-state index in [1.165, 1.54) is 0 Å². The Hall–Kier alpha value is -2.18. The van der Waals surface area contributed by atoms with Gasteiger partial charge in [0.15, 0.2) is 23.3 Å². The lowest BCUT2D eigenvalue weighted by Crippen LogP contribution is -2.14. The van der Waals surface area contributed by atoms with Gasteiger partial charge in [0.2, 0.25) is 0 Å². The lowest BCUT2D eigenvalue weighted by atomic mass is 10.3. The molecule has 0 saturated heterocycles. The van der Waals surface area contributed by atoms with Crippen molar-refractivity contribution in [1.29, 1.82) is 0 Å². The molecule has 0 spiro atoms. The predicted molar refractivity (Wildman–Crippen MR) is 78.4 cm³/mol. The van der Waals surface area contributed by atoms with Crippen LogP contribution >= 0.6 is 0 Å². The Labute approximate surface area is 122 Å². The summed E-state index contributed by atoms with van der Waals surface area (Å²) in [5.74, 6) is -1.28. The highest BCUT2D eigenvalue weighted by atomic mass is 19.1. The zero-order chi connectivity index (χ0) is 15.2. The van der Waals surface area contributed by atoms with E-state index in [-0.39, 0.29) is 11.6 Å². The highest BCUT2D eigenvalue weighted by Crippen LogP contribution is 2.18. The minimum atomic E-state index is -0.703. The summed E-state index contributed by atoms with van der Waals surface area (Å²) in [7, 11) is 0. The lowest BCUT2D eigenvalue weighted by Gasteiger charge is -2.11. The van der Waals surface area contributed by atoms with Crippen molar-refractivity contribution in [2.24, 2.45) is 0 Å². The van der Waals surface area contributed by atoms with Gasteiger partial charge >= 0.3 is 0 Å². The van der Waals surface area contributed by atoms with Gasteiger partial charge < -0.3 is 10.6 Å². The van der Waals surface area contributed by atoms with Crippen LogP contribution in [0.1, 0.15) is 18.9 Å². The molecule has 21 heavy (non-hydrogen) atoms. The first kappa shape index (κ1) is 15.2. The number of hydrogen-bond donors (Lipinski definition) is 2. The molecule has 2 rings (SSSR count). The second-order valence-corrected chi connectivity index (χ2v) is 4.78. The fourth-order valence-electron chi connectivity index (χ4n) is 1.84. The molecule has 2 heterocycles. The number of anilines is 2. The summed E-state index contributed by atoms with van der Waals surface area (Å²) in [6, 6.07) is 0.839. The monoisotopic (exact) mass is 295 g/mol. The summed E-state index contributed by atoms with van der Waals surface area (Å²) >= 11 is 0. The fourth-order valence-corrected chi connectivity index (χ4v) is 1.84. The molecule has 0 aliphatic heterocycles. The van der Waals surface area contributed by atoms with Crippen molar-refractivity contribution in [2.75, 3.05) is 23.7 Å². The van der Waals surface area contributed by atoms with E-state index in [4.69, 9.17) is 0 Å². The van der Waals surface area contributed by atoms with Crippen molar-refractivity contribution in [1.82, 2.24) is 14.8 Å². The first-order chi connectivity index (χ1) is 10.1. The molecule has 2 aromatic rings. The molecule has 0 unspecified atom stereocenters. The van der Waals surface area contributed by atoms with E-state index < -0.39 is 11.6 Å². The van der Waals surface area contributed by atoms with Gasteiger partial charge in [-0.25, -0.2) is 13.8 Å². The topological polar surface area (TPSA) is 54.8 Å². The third-order valence-electron chi connectivity index (χ3n) is 2.87. The number of pyridine rings is 1. The molecule has 2 N–H and O–H groups in total. The molecule has 0 aromatic carbocycles. The number of nitrogens with zero attached hydrogens (tertiary/aromatic N) is 3. The second-order valence-electron chi connectivity index (χ2n) is 4.78. The van der Waals surface area contributed by atoms with Crippen LogP contribution in [0.25, 0.3) is 0 Å². The zero-order valence-corrected chi connectivity index (χ0v) is 12.2. The van der Waals surface area contributed by atoms with Crippen LogP contribution in [0.15, 0.2) is 18.5 Å². The van der Waals surface area contributed by atoms with Gasteiger partial charge in [-0.3, -0.25) is 4.68 Å². The van der Waals surface area contributed by atoms with Crippen LogP contribution < -0.4 is 10.6 Å². The Balaban J connectivity index is 1.98. The van der Waals surface area contributed by atoms with Crippen LogP contribution in [0.5, 0.6) is 0 Å². The Morgan fingerprint density at radius 3 is 2.38 bits per heavy atom. The molecule has 0 aliphatic rings. The Kier molecular flexibility index (Phi) is 5.08.